The Morgan fingerprint density at radius 1 is 1.14 bits per heavy atom. The molecular weight excluding hydrogens is 260 g/mol. The van der Waals surface area contributed by atoms with E-state index in [-0.39, 0.29) is 11.9 Å². The van der Waals surface area contributed by atoms with Crippen molar-refractivity contribution in [1.29, 1.82) is 5.26 Å². The summed E-state index contributed by atoms with van der Waals surface area (Å²) in [6, 6.07) is 2.52. The molecule has 0 aromatic rings. The lowest BCUT2D eigenvalue weighted by molar-refractivity contribution is -0.136. The summed E-state index contributed by atoms with van der Waals surface area (Å²) in [5.74, 6) is 2.73. The van der Waals surface area contributed by atoms with Crippen LogP contribution in [0.3, 0.4) is 0 Å². The van der Waals surface area contributed by atoms with Crippen LogP contribution in [0.2, 0.25) is 0 Å². The summed E-state index contributed by atoms with van der Waals surface area (Å²) >= 11 is 0. The van der Waals surface area contributed by atoms with Crippen LogP contribution in [0.15, 0.2) is 0 Å². The number of rotatable bonds is 3. The van der Waals surface area contributed by atoms with Gasteiger partial charge in [0, 0.05) is 6.04 Å². The number of nitrogens with one attached hydrogen (secondary N) is 1. The van der Waals surface area contributed by atoms with Crippen molar-refractivity contribution in [2.24, 2.45) is 28.6 Å². The lowest BCUT2D eigenvalue weighted by atomic mass is 9.48. The zero-order chi connectivity index (χ0) is 14.7. The molecule has 0 heterocycles. The molecule has 0 aliphatic heterocycles. The molecule has 5 saturated carbocycles. The van der Waals surface area contributed by atoms with Crippen molar-refractivity contribution in [3.8, 4) is 6.07 Å². The van der Waals surface area contributed by atoms with E-state index in [1.807, 2.05) is 0 Å². The highest BCUT2D eigenvalue weighted by Gasteiger charge is 2.54. The number of amides is 1. The molecule has 1 amide bonds. The average Bonchev–Trinajstić information content (AvgIpc) is 2.36. The molecule has 0 aromatic heterocycles. The summed E-state index contributed by atoms with van der Waals surface area (Å²) in [7, 11) is 0. The van der Waals surface area contributed by atoms with Crippen LogP contribution in [0.1, 0.15) is 64.7 Å². The number of carbonyl (C=O) groups is 1. The Kier molecular flexibility index (Phi) is 2.90. The minimum absolute atomic E-state index is 0.0134. The largest absolute Gasteiger partial charge is 0.352 e. The molecule has 0 radical (unpaired) electrons. The lowest BCUT2D eigenvalue weighted by Gasteiger charge is -2.59. The van der Waals surface area contributed by atoms with Crippen molar-refractivity contribution in [1.82, 2.24) is 5.32 Å². The Morgan fingerprint density at radius 2 is 1.67 bits per heavy atom. The van der Waals surface area contributed by atoms with Crippen LogP contribution in [-0.2, 0) is 4.79 Å². The van der Waals surface area contributed by atoms with E-state index in [0.717, 1.165) is 37.0 Å². The second-order valence-corrected chi connectivity index (χ2v) is 8.52. The summed E-state index contributed by atoms with van der Waals surface area (Å²) < 4.78 is 0. The Bertz CT molecular complexity index is 465. The predicted octanol–water partition coefficient (Wildman–Crippen LogP) is 3.40. The van der Waals surface area contributed by atoms with E-state index < -0.39 is 5.41 Å². The summed E-state index contributed by atoms with van der Waals surface area (Å²) in [4.78, 5) is 12.5. The standard InChI is InChI=1S/C18H26N2O/c1-12(20-16(21)17(11-19)3-2-4-17)18-8-13-5-14(9-18)7-15(6-13)10-18/h12-15H,2-10H2,1H3,(H,20,21). The molecule has 5 aliphatic rings. The smallest absolute Gasteiger partial charge is 0.240 e. The van der Waals surface area contributed by atoms with Gasteiger partial charge in [-0.2, -0.15) is 5.26 Å². The fourth-order valence-electron chi connectivity index (χ4n) is 6.12. The van der Waals surface area contributed by atoms with Gasteiger partial charge in [-0.1, -0.05) is 0 Å². The van der Waals surface area contributed by atoms with Gasteiger partial charge in [0.1, 0.15) is 5.41 Å². The van der Waals surface area contributed by atoms with Crippen LogP contribution >= 0.6 is 0 Å². The average molecular weight is 286 g/mol. The van der Waals surface area contributed by atoms with E-state index in [0.29, 0.717) is 5.41 Å². The quantitative estimate of drug-likeness (QED) is 0.864. The van der Waals surface area contributed by atoms with E-state index in [4.69, 9.17) is 0 Å². The third-order valence-electron chi connectivity index (χ3n) is 7.21. The molecule has 1 atom stereocenters. The molecule has 1 unspecified atom stereocenters. The van der Waals surface area contributed by atoms with E-state index in [2.05, 4.69) is 18.3 Å². The van der Waals surface area contributed by atoms with Crippen molar-refractivity contribution in [3.63, 3.8) is 0 Å². The predicted molar refractivity (Wildman–Crippen MR) is 80.1 cm³/mol. The van der Waals surface area contributed by atoms with Gasteiger partial charge in [0.15, 0.2) is 0 Å². The van der Waals surface area contributed by atoms with Gasteiger partial charge in [-0.25, -0.2) is 0 Å². The first-order chi connectivity index (χ1) is 10.1. The van der Waals surface area contributed by atoms with Crippen molar-refractivity contribution in [2.45, 2.75) is 70.8 Å². The molecule has 1 N–H and O–H groups in total. The maximum absolute atomic E-state index is 12.5. The first-order valence-corrected chi connectivity index (χ1v) is 8.77. The summed E-state index contributed by atoms with van der Waals surface area (Å²) in [6.45, 7) is 2.20. The first kappa shape index (κ1) is 13.6. The number of nitriles is 1. The van der Waals surface area contributed by atoms with Crippen LogP contribution in [0.5, 0.6) is 0 Å². The van der Waals surface area contributed by atoms with Crippen molar-refractivity contribution >= 4 is 5.91 Å². The van der Waals surface area contributed by atoms with Gasteiger partial charge in [0.2, 0.25) is 5.91 Å². The Labute approximate surface area is 127 Å². The molecule has 0 saturated heterocycles. The van der Waals surface area contributed by atoms with E-state index in [9.17, 15) is 10.1 Å². The molecule has 5 aliphatic carbocycles. The normalized spacial score (nSPS) is 43.7. The van der Waals surface area contributed by atoms with E-state index >= 15 is 0 Å². The highest BCUT2D eigenvalue weighted by molar-refractivity contribution is 5.86. The van der Waals surface area contributed by atoms with Gasteiger partial charge in [0.05, 0.1) is 6.07 Å². The zero-order valence-corrected chi connectivity index (χ0v) is 13.0. The topological polar surface area (TPSA) is 52.9 Å². The van der Waals surface area contributed by atoms with Gasteiger partial charge >= 0.3 is 0 Å². The molecule has 3 nitrogen and oxygen atoms in total. The van der Waals surface area contributed by atoms with Crippen LogP contribution in [0, 0.1) is 39.9 Å². The maximum atomic E-state index is 12.5. The zero-order valence-electron chi connectivity index (χ0n) is 13.0. The van der Waals surface area contributed by atoms with Crippen LogP contribution in [0.25, 0.3) is 0 Å². The van der Waals surface area contributed by atoms with Gasteiger partial charge in [-0.3, -0.25) is 4.79 Å². The minimum Gasteiger partial charge on any atom is -0.352 e. The summed E-state index contributed by atoms with van der Waals surface area (Å²) in [5.41, 5.74) is -0.360. The van der Waals surface area contributed by atoms with Gasteiger partial charge in [-0.15, -0.1) is 0 Å². The number of carbonyl (C=O) groups excluding carboxylic acids is 1. The monoisotopic (exact) mass is 286 g/mol. The van der Waals surface area contributed by atoms with Gasteiger partial charge < -0.3 is 5.32 Å². The molecular formula is C18H26N2O. The van der Waals surface area contributed by atoms with Crippen molar-refractivity contribution in [3.05, 3.63) is 0 Å². The molecule has 3 heteroatoms. The first-order valence-electron chi connectivity index (χ1n) is 8.77. The van der Waals surface area contributed by atoms with Crippen molar-refractivity contribution < 1.29 is 4.79 Å². The second-order valence-electron chi connectivity index (χ2n) is 8.52. The second kappa shape index (κ2) is 4.48. The molecule has 0 spiro atoms. The number of hydrogen-bond acceptors (Lipinski definition) is 2. The SMILES string of the molecule is CC(NC(=O)C1(C#N)CCC1)C12CC3CC(CC(C3)C1)C2. The minimum atomic E-state index is -0.698. The van der Waals surface area contributed by atoms with Crippen LogP contribution in [-0.4, -0.2) is 11.9 Å². The number of nitrogens with zero attached hydrogens (tertiary/aromatic N) is 1. The van der Waals surface area contributed by atoms with Crippen molar-refractivity contribution in [2.75, 3.05) is 0 Å². The Hall–Kier alpha value is -1.04. The number of hydrogen-bond donors (Lipinski definition) is 1. The molecule has 5 fully saturated rings. The maximum Gasteiger partial charge on any atom is 0.240 e. The molecule has 4 bridgehead atoms. The highest BCUT2D eigenvalue weighted by Crippen LogP contribution is 2.61. The highest BCUT2D eigenvalue weighted by atomic mass is 16.2. The third-order valence-corrected chi connectivity index (χ3v) is 7.21. The lowest BCUT2D eigenvalue weighted by Crippen LogP contribution is -2.58. The fraction of sp³-hybridized carbons (Fsp3) is 0.889. The Balaban J connectivity index is 1.49. The van der Waals surface area contributed by atoms with Crippen LogP contribution < -0.4 is 5.32 Å². The molecule has 21 heavy (non-hydrogen) atoms. The van der Waals surface area contributed by atoms with Gasteiger partial charge in [0.25, 0.3) is 0 Å². The third kappa shape index (κ3) is 1.94. The van der Waals surface area contributed by atoms with Gasteiger partial charge in [-0.05, 0) is 87.9 Å². The molecule has 114 valence electrons. The summed E-state index contributed by atoms with van der Waals surface area (Å²) in [6.07, 6.45) is 10.7. The van der Waals surface area contributed by atoms with Crippen LogP contribution in [0.4, 0.5) is 0 Å². The van der Waals surface area contributed by atoms with E-state index in [1.165, 1.54) is 38.5 Å². The van der Waals surface area contributed by atoms with E-state index in [1.54, 1.807) is 0 Å². The molecule has 5 rings (SSSR count). The summed E-state index contributed by atoms with van der Waals surface area (Å²) in [5, 5.41) is 12.6. The molecule has 0 aromatic carbocycles. The Morgan fingerprint density at radius 3 is 2.05 bits per heavy atom. The fourth-order valence-corrected chi connectivity index (χ4v) is 6.12.